The van der Waals surface area contributed by atoms with E-state index in [2.05, 4.69) is 5.10 Å². The number of benzene rings is 2. The summed E-state index contributed by atoms with van der Waals surface area (Å²) in [4.78, 5) is 0. The number of para-hydroxylation sites is 1. The van der Waals surface area contributed by atoms with E-state index in [0.717, 1.165) is 22.6 Å². The average Bonchev–Trinajstić information content (AvgIpc) is 3.18. The van der Waals surface area contributed by atoms with Gasteiger partial charge in [0.25, 0.3) is 0 Å². The maximum absolute atomic E-state index is 5.97. The van der Waals surface area contributed by atoms with Gasteiger partial charge in [0.1, 0.15) is 5.75 Å². The number of ether oxygens (including phenoxy) is 4. The molecule has 0 bridgehead atoms. The Kier molecular flexibility index (Phi) is 5.89. The van der Waals surface area contributed by atoms with Crippen molar-refractivity contribution < 1.29 is 18.9 Å². The second-order valence-corrected chi connectivity index (χ2v) is 6.53. The number of hydrazone groups is 1. The molecule has 0 fully saturated rings. The van der Waals surface area contributed by atoms with Crippen LogP contribution in [0.25, 0.3) is 0 Å². The monoisotopic (exact) mass is 401 g/mol. The first-order valence-corrected chi connectivity index (χ1v) is 9.04. The normalized spacial score (nSPS) is 15.8. The fourth-order valence-corrected chi connectivity index (χ4v) is 3.48. The summed E-state index contributed by atoms with van der Waals surface area (Å²) in [7, 11) is 6.37. The summed E-state index contributed by atoms with van der Waals surface area (Å²) in [6.07, 6.45) is 0.594. The van der Waals surface area contributed by atoms with Crippen LogP contribution < -0.4 is 24.7 Å². The largest absolute Gasteiger partial charge is 0.496 e. The Morgan fingerprint density at radius 2 is 1.61 bits per heavy atom. The molecule has 2 aromatic rings. The maximum Gasteiger partial charge on any atom is 0.203 e. The summed E-state index contributed by atoms with van der Waals surface area (Å²) in [6.45, 7) is 0. The predicted octanol–water partition coefficient (Wildman–Crippen LogP) is 3.12. The number of rotatable bonds is 6. The molecule has 1 atom stereocenters. The topological polar surface area (TPSA) is 78.5 Å². The summed E-state index contributed by atoms with van der Waals surface area (Å²) in [5.41, 5.74) is 8.61. The number of hydrogen-bond acceptors (Lipinski definition) is 6. The Bertz CT molecular complexity index is 891. The highest BCUT2D eigenvalue weighted by Gasteiger charge is 2.33. The number of nitrogens with zero attached hydrogens (tertiary/aromatic N) is 2. The highest BCUT2D eigenvalue weighted by atomic mass is 32.1. The van der Waals surface area contributed by atoms with Gasteiger partial charge in [-0.15, -0.1) is 0 Å². The van der Waals surface area contributed by atoms with Gasteiger partial charge in [0.2, 0.25) is 5.75 Å². The lowest BCUT2D eigenvalue weighted by atomic mass is 9.97. The van der Waals surface area contributed by atoms with Gasteiger partial charge in [0.15, 0.2) is 16.6 Å². The van der Waals surface area contributed by atoms with E-state index in [-0.39, 0.29) is 11.2 Å². The number of methoxy groups -OCH3 is 4. The Morgan fingerprint density at radius 1 is 1.00 bits per heavy atom. The smallest absolute Gasteiger partial charge is 0.203 e. The second-order valence-electron chi connectivity index (χ2n) is 6.11. The van der Waals surface area contributed by atoms with Gasteiger partial charge in [-0.05, 0) is 42.0 Å². The summed E-state index contributed by atoms with van der Waals surface area (Å²) < 4.78 is 21.8. The van der Waals surface area contributed by atoms with Crippen molar-refractivity contribution in [3.63, 3.8) is 0 Å². The lowest BCUT2D eigenvalue weighted by Crippen LogP contribution is -2.31. The van der Waals surface area contributed by atoms with Crippen LogP contribution in [-0.2, 0) is 0 Å². The standard InChI is InChI=1S/C20H23N3O4S/c1-24-16-8-6-5-7-13(16)14-11-15(23(22-14)20(21)28)12-9-17(25-2)19(27-4)18(10-12)26-3/h5-10,15H,11H2,1-4H3,(H2,21,28). The lowest BCUT2D eigenvalue weighted by molar-refractivity contribution is 0.319. The molecule has 0 radical (unpaired) electrons. The molecule has 148 valence electrons. The Balaban J connectivity index is 2.05. The molecule has 1 heterocycles. The molecule has 0 aliphatic carbocycles. The van der Waals surface area contributed by atoms with Gasteiger partial charge in [0, 0.05) is 12.0 Å². The molecule has 1 aliphatic heterocycles. The minimum absolute atomic E-state index is 0.184. The van der Waals surface area contributed by atoms with E-state index in [0.29, 0.717) is 23.7 Å². The fraction of sp³-hybridized carbons (Fsp3) is 0.300. The molecule has 7 nitrogen and oxygen atoms in total. The molecule has 0 aromatic heterocycles. The van der Waals surface area contributed by atoms with Crippen molar-refractivity contribution in [1.29, 1.82) is 0 Å². The molecule has 1 unspecified atom stereocenters. The van der Waals surface area contributed by atoms with Crippen LogP contribution in [0, 0.1) is 0 Å². The highest BCUT2D eigenvalue weighted by Crippen LogP contribution is 2.43. The van der Waals surface area contributed by atoms with Crippen molar-refractivity contribution in [3.05, 3.63) is 47.5 Å². The lowest BCUT2D eigenvalue weighted by Gasteiger charge is -2.23. The Morgan fingerprint density at radius 3 is 2.14 bits per heavy atom. The molecule has 2 aromatic carbocycles. The number of thiocarbonyl (C=S) groups is 1. The molecule has 1 aliphatic rings. The zero-order valence-corrected chi connectivity index (χ0v) is 17.1. The highest BCUT2D eigenvalue weighted by molar-refractivity contribution is 7.80. The van der Waals surface area contributed by atoms with Crippen molar-refractivity contribution in [2.75, 3.05) is 28.4 Å². The van der Waals surface area contributed by atoms with Crippen LogP contribution in [-0.4, -0.2) is 44.3 Å². The molecular weight excluding hydrogens is 378 g/mol. The zero-order valence-electron chi connectivity index (χ0n) is 16.3. The van der Waals surface area contributed by atoms with Crippen molar-refractivity contribution in [1.82, 2.24) is 5.01 Å². The minimum Gasteiger partial charge on any atom is -0.496 e. The van der Waals surface area contributed by atoms with Crippen LogP contribution in [0.4, 0.5) is 0 Å². The second kappa shape index (κ2) is 8.35. The Labute approximate surface area is 169 Å². The first-order valence-electron chi connectivity index (χ1n) is 8.63. The molecule has 2 N–H and O–H groups in total. The van der Waals surface area contributed by atoms with E-state index >= 15 is 0 Å². The van der Waals surface area contributed by atoms with Crippen LogP contribution in [0.1, 0.15) is 23.6 Å². The summed E-state index contributed by atoms with van der Waals surface area (Å²) in [5, 5.41) is 6.49. The first kappa shape index (κ1) is 19.8. The maximum atomic E-state index is 5.97. The third kappa shape index (κ3) is 3.55. The first-order chi connectivity index (χ1) is 13.5. The van der Waals surface area contributed by atoms with Crippen LogP contribution >= 0.6 is 12.2 Å². The van der Waals surface area contributed by atoms with E-state index in [1.165, 1.54) is 0 Å². The van der Waals surface area contributed by atoms with Gasteiger partial charge >= 0.3 is 0 Å². The fourth-order valence-electron chi connectivity index (χ4n) is 3.31. The van der Waals surface area contributed by atoms with Crippen molar-refractivity contribution in [3.8, 4) is 23.0 Å². The molecule has 3 rings (SSSR count). The third-order valence-electron chi connectivity index (χ3n) is 4.63. The molecule has 8 heteroatoms. The Hall–Kier alpha value is -3.00. The van der Waals surface area contributed by atoms with Crippen LogP contribution in [0.5, 0.6) is 23.0 Å². The van der Waals surface area contributed by atoms with Crippen LogP contribution in [0.15, 0.2) is 41.5 Å². The van der Waals surface area contributed by atoms with Crippen molar-refractivity contribution >= 4 is 23.0 Å². The molecule has 0 saturated carbocycles. The van der Waals surface area contributed by atoms with E-state index in [9.17, 15) is 0 Å². The van der Waals surface area contributed by atoms with Gasteiger partial charge in [-0.25, -0.2) is 5.01 Å². The molecule has 0 saturated heterocycles. The van der Waals surface area contributed by atoms with Crippen LogP contribution in [0.3, 0.4) is 0 Å². The number of hydrogen-bond donors (Lipinski definition) is 1. The molecule has 0 spiro atoms. The third-order valence-corrected chi connectivity index (χ3v) is 4.81. The van der Waals surface area contributed by atoms with Gasteiger partial charge < -0.3 is 24.7 Å². The summed E-state index contributed by atoms with van der Waals surface area (Å²) in [5.74, 6) is 2.39. The summed E-state index contributed by atoms with van der Waals surface area (Å²) >= 11 is 5.25. The van der Waals surface area contributed by atoms with Crippen LogP contribution in [0.2, 0.25) is 0 Å². The number of nitrogens with two attached hydrogens (primary N) is 1. The van der Waals surface area contributed by atoms with Gasteiger partial charge in [-0.1, -0.05) is 12.1 Å². The average molecular weight is 401 g/mol. The van der Waals surface area contributed by atoms with Gasteiger partial charge in [-0.2, -0.15) is 5.10 Å². The van der Waals surface area contributed by atoms with E-state index < -0.39 is 0 Å². The SMILES string of the molecule is COc1ccccc1C1=NN(C(N)=S)C(c2cc(OC)c(OC)c(OC)c2)C1. The quantitative estimate of drug-likeness (QED) is 0.745. The van der Waals surface area contributed by atoms with Crippen molar-refractivity contribution in [2.45, 2.75) is 12.5 Å². The van der Waals surface area contributed by atoms with Gasteiger partial charge in [0.05, 0.1) is 40.2 Å². The zero-order chi connectivity index (χ0) is 20.3. The molecule has 28 heavy (non-hydrogen) atoms. The van der Waals surface area contributed by atoms with E-state index in [4.69, 9.17) is 36.9 Å². The van der Waals surface area contributed by atoms with E-state index in [1.54, 1.807) is 33.4 Å². The van der Waals surface area contributed by atoms with Crippen molar-refractivity contribution in [2.24, 2.45) is 10.8 Å². The molecular formula is C20H23N3O4S. The van der Waals surface area contributed by atoms with Gasteiger partial charge in [-0.3, -0.25) is 0 Å². The summed E-state index contributed by atoms with van der Waals surface area (Å²) in [6, 6.07) is 11.3. The predicted molar refractivity (Wildman–Crippen MR) is 112 cm³/mol. The minimum atomic E-state index is -0.203. The van der Waals surface area contributed by atoms with E-state index in [1.807, 2.05) is 36.4 Å². The molecule has 0 amide bonds.